The van der Waals surface area contributed by atoms with Gasteiger partial charge in [0.2, 0.25) is 0 Å². The molecule has 3 rings (SSSR count). The Labute approximate surface area is 153 Å². The molecule has 5 nitrogen and oxygen atoms in total. The fraction of sp³-hybridized carbons (Fsp3) is 0.158. The fourth-order valence-electron chi connectivity index (χ4n) is 2.40. The van der Waals surface area contributed by atoms with E-state index in [2.05, 4.69) is 15.3 Å². The maximum absolute atomic E-state index is 13.3. The molecule has 0 aliphatic carbocycles. The number of methoxy groups -OCH3 is 2. The molecule has 0 spiro atoms. The standard InChI is InChI=1S/C19H16F3N3O2/c1-26-14-8-13(9-15(10-14)27-2)23-17-11-16(19(20,21)22)24-18(25-17)12-6-4-3-5-7-12/h3-11H,1-2H3,(H,23,24,25). The molecule has 0 fully saturated rings. The third-order valence-electron chi connectivity index (χ3n) is 3.67. The molecule has 0 aliphatic heterocycles. The van der Waals surface area contributed by atoms with Crippen molar-refractivity contribution in [1.82, 2.24) is 9.97 Å². The molecule has 0 unspecified atom stereocenters. The summed E-state index contributed by atoms with van der Waals surface area (Å²) in [5.74, 6) is 0.963. The van der Waals surface area contributed by atoms with Gasteiger partial charge in [-0.2, -0.15) is 13.2 Å². The smallest absolute Gasteiger partial charge is 0.433 e. The van der Waals surface area contributed by atoms with Crippen LogP contribution in [0.3, 0.4) is 0 Å². The highest BCUT2D eigenvalue weighted by molar-refractivity contribution is 5.64. The zero-order valence-corrected chi connectivity index (χ0v) is 14.5. The van der Waals surface area contributed by atoms with Crippen molar-refractivity contribution in [2.24, 2.45) is 0 Å². The second-order valence-electron chi connectivity index (χ2n) is 5.55. The van der Waals surface area contributed by atoms with Crippen LogP contribution in [0.2, 0.25) is 0 Å². The monoisotopic (exact) mass is 375 g/mol. The first kappa shape index (κ1) is 18.5. The van der Waals surface area contributed by atoms with E-state index < -0.39 is 11.9 Å². The van der Waals surface area contributed by atoms with Crippen LogP contribution in [0.15, 0.2) is 54.6 Å². The summed E-state index contributed by atoms with van der Waals surface area (Å²) >= 11 is 0. The molecule has 2 aromatic carbocycles. The number of anilines is 2. The molecule has 1 heterocycles. The molecule has 0 amide bonds. The number of nitrogens with one attached hydrogen (secondary N) is 1. The van der Waals surface area contributed by atoms with Gasteiger partial charge in [0.25, 0.3) is 0 Å². The van der Waals surface area contributed by atoms with Crippen LogP contribution in [0, 0.1) is 0 Å². The van der Waals surface area contributed by atoms with Crippen LogP contribution in [-0.4, -0.2) is 24.2 Å². The highest BCUT2D eigenvalue weighted by atomic mass is 19.4. The summed E-state index contributed by atoms with van der Waals surface area (Å²) in [6.45, 7) is 0. The van der Waals surface area contributed by atoms with Gasteiger partial charge in [-0.05, 0) is 0 Å². The minimum Gasteiger partial charge on any atom is -0.497 e. The topological polar surface area (TPSA) is 56.3 Å². The molecule has 0 saturated carbocycles. The Morgan fingerprint density at radius 3 is 2.04 bits per heavy atom. The number of halogens is 3. The van der Waals surface area contributed by atoms with E-state index in [1.165, 1.54) is 14.2 Å². The number of nitrogens with zero attached hydrogens (tertiary/aromatic N) is 2. The lowest BCUT2D eigenvalue weighted by molar-refractivity contribution is -0.141. The summed E-state index contributed by atoms with van der Waals surface area (Å²) in [6, 6.07) is 14.2. The molecule has 0 radical (unpaired) electrons. The van der Waals surface area contributed by atoms with Crippen molar-refractivity contribution in [1.29, 1.82) is 0 Å². The summed E-state index contributed by atoms with van der Waals surface area (Å²) in [6.07, 6.45) is -4.60. The van der Waals surface area contributed by atoms with Gasteiger partial charge >= 0.3 is 6.18 Å². The third kappa shape index (κ3) is 4.46. The van der Waals surface area contributed by atoms with Crippen LogP contribution in [0.4, 0.5) is 24.7 Å². The summed E-state index contributed by atoms with van der Waals surface area (Å²) in [4.78, 5) is 7.88. The second kappa shape index (κ2) is 7.53. The minimum absolute atomic E-state index is 0.00600. The van der Waals surface area contributed by atoms with Gasteiger partial charge < -0.3 is 14.8 Å². The lowest BCUT2D eigenvalue weighted by Crippen LogP contribution is -2.11. The Kier molecular flexibility index (Phi) is 5.16. The van der Waals surface area contributed by atoms with Crippen molar-refractivity contribution in [3.05, 3.63) is 60.3 Å². The lowest BCUT2D eigenvalue weighted by atomic mass is 10.2. The zero-order valence-electron chi connectivity index (χ0n) is 14.5. The lowest BCUT2D eigenvalue weighted by Gasteiger charge is -2.13. The maximum atomic E-state index is 13.3. The first-order chi connectivity index (χ1) is 12.9. The highest BCUT2D eigenvalue weighted by Gasteiger charge is 2.33. The third-order valence-corrected chi connectivity index (χ3v) is 3.67. The first-order valence-electron chi connectivity index (χ1n) is 7.91. The van der Waals surface area contributed by atoms with Gasteiger partial charge in [0.05, 0.1) is 14.2 Å². The molecule has 1 aromatic heterocycles. The van der Waals surface area contributed by atoms with E-state index in [0.29, 0.717) is 22.7 Å². The van der Waals surface area contributed by atoms with Gasteiger partial charge in [-0.3, -0.25) is 0 Å². The normalized spacial score (nSPS) is 11.1. The Balaban J connectivity index is 2.05. The Morgan fingerprint density at radius 1 is 0.852 bits per heavy atom. The van der Waals surface area contributed by atoms with Crippen molar-refractivity contribution in [2.45, 2.75) is 6.18 Å². The van der Waals surface area contributed by atoms with Gasteiger partial charge in [-0.25, -0.2) is 9.97 Å². The van der Waals surface area contributed by atoms with Gasteiger partial charge in [0.15, 0.2) is 11.5 Å². The average Bonchev–Trinajstić information content (AvgIpc) is 2.67. The van der Waals surface area contributed by atoms with E-state index in [9.17, 15) is 13.2 Å². The molecule has 0 atom stereocenters. The fourth-order valence-corrected chi connectivity index (χ4v) is 2.40. The molecule has 27 heavy (non-hydrogen) atoms. The minimum atomic E-state index is -4.60. The SMILES string of the molecule is COc1cc(Nc2cc(C(F)(F)F)nc(-c3ccccc3)n2)cc(OC)c1. The largest absolute Gasteiger partial charge is 0.497 e. The average molecular weight is 375 g/mol. The van der Waals surface area contributed by atoms with E-state index in [1.807, 2.05) is 0 Å². The summed E-state index contributed by atoms with van der Waals surface area (Å²) < 4.78 is 50.2. The number of benzene rings is 2. The van der Waals surface area contributed by atoms with E-state index in [4.69, 9.17) is 9.47 Å². The Bertz CT molecular complexity index is 909. The van der Waals surface area contributed by atoms with E-state index in [1.54, 1.807) is 48.5 Å². The summed E-state index contributed by atoms with van der Waals surface area (Å²) in [5, 5.41) is 2.86. The number of ether oxygens (including phenoxy) is 2. The Morgan fingerprint density at radius 2 is 1.48 bits per heavy atom. The molecule has 140 valence electrons. The molecule has 0 saturated heterocycles. The van der Waals surface area contributed by atoms with Crippen LogP contribution in [0.1, 0.15) is 5.69 Å². The molecule has 3 aromatic rings. The van der Waals surface area contributed by atoms with Crippen molar-refractivity contribution >= 4 is 11.5 Å². The van der Waals surface area contributed by atoms with Gasteiger partial charge in [-0.15, -0.1) is 0 Å². The number of hydrogen-bond acceptors (Lipinski definition) is 5. The van der Waals surface area contributed by atoms with Crippen molar-refractivity contribution in [2.75, 3.05) is 19.5 Å². The number of rotatable bonds is 5. The summed E-state index contributed by atoms with van der Waals surface area (Å²) in [7, 11) is 2.97. The van der Waals surface area contributed by atoms with E-state index in [-0.39, 0.29) is 11.6 Å². The molecular formula is C19H16F3N3O2. The molecular weight excluding hydrogens is 359 g/mol. The second-order valence-corrected chi connectivity index (χ2v) is 5.55. The predicted molar refractivity (Wildman–Crippen MR) is 95.3 cm³/mol. The first-order valence-corrected chi connectivity index (χ1v) is 7.91. The van der Waals surface area contributed by atoms with Crippen LogP contribution in [-0.2, 0) is 6.18 Å². The molecule has 8 heteroatoms. The summed E-state index contributed by atoms with van der Waals surface area (Å²) in [5.41, 5.74) is -0.0828. The molecule has 0 bridgehead atoms. The number of aromatic nitrogens is 2. The van der Waals surface area contributed by atoms with Crippen molar-refractivity contribution in [3.63, 3.8) is 0 Å². The molecule has 1 N–H and O–H groups in total. The van der Waals surface area contributed by atoms with Crippen LogP contribution < -0.4 is 14.8 Å². The van der Waals surface area contributed by atoms with Crippen LogP contribution in [0.25, 0.3) is 11.4 Å². The maximum Gasteiger partial charge on any atom is 0.433 e. The van der Waals surface area contributed by atoms with Gasteiger partial charge in [-0.1, -0.05) is 30.3 Å². The Hall–Kier alpha value is -3.29. The quantitative estimate of drug-likeness (QED) is 0.686. The zero-order chi connectivity index (χ0) is 19.4. The molecule has 0 aliphatic rings. The van der Waals surface area contributed by atoms with Crippen molar-refractivity contribution < 1.29 is 22.6 Å². The highest BCUT2D eigenvalue weighted by Crippen LogP contribution is 2.33. The van der Waals surface area contributed by atoms with Gasteiger partial charge in [0, 0.05) is 35.5 Å². The predicted octanol–water partition coefficient (Wildman–Crippen LogP) is 4.92. The van der Waals surface area contributed by atoms with E-state index in [0.717, 1.165) is 6.07 Å². The number of alkyl halides is 3. The van der Waals surface area contributed by atoms with Crippen LogP contribution >= 0.6 is 0 Å². The van der Waals surface area contributed by atoms with E-state index >= 15 is 0 Å². The van der Waals surface area contributed by atoms with Crippen LogP contribution in [0.5, 0.6) is 11.5 Å². The van der Waals surface area contributed by atoms with Gasteiger partial charge in [0.1, 0.15) is 17.3 Å². The number of hydrogen-bond donors (Lipinski definition) is 1. The van der Waals surface area contributed by atoms with Crippen molar-refractivity contribution in [3.8, 4) is 22.9 Å².